The lowest BCUT2D eigenvalue weighted by Gasteiger charge is -2.01. The van der Waals surface area contributed by atoms with Crippen molar-refractivity contribution in [2.75, 3.05) is 6.26 Å². The van der Waals surface area contributed by atoms with Gasteiger partial charge in [-0.25, -0.2) is 17.8 Å². The first-order valence-corrected chi connectivity index (χ1v) is 9.88. The molecule has 0 bridgehead atoms. The Bertz CT molecular complexity index is 1080. The van der Waals surface area contributed by atoms with Gasteiger partial charge in [-0.05, 0) is 30.3 Å². The van der Waals surface area contributed by atoms with E-state index < -0.39 is 28.0 Å². The number of aromatic nitrogens is 1. The molecule has 0 atom stereocenters. The largest absolute Gasteiger partial charge is 0.481 e. The molecule has 0 amide bonds. The number of hydrogen-bond donors (Lipinski definition) is 1. The van der Waals surface area contributed by atoms with Crippen LogP contribution in [0.15, 0.2) is 57.9 Å². The first-order chi connectivity index (χ1) is 12.7. The number of rotatable bonds is 5. The quantitative estimate of drug-likeness (QED) is 0.842. The Morgan fingerprint density at radius 2 is 1.96 bits per heavy atom. The second kappa shape index (κ2) is 7.32. The molecule has 0 radical (unpaired) electrons. The molecule has 3 rings (SSSR count). The number of hydrogen-bond acceptors (Lipinski definition) is 5. The minimum atomic E-state index is -3.33. The van der Waals surface area contributed by atoms with E-state index in [-0.39, 0.29) is 17.2 Å². The Balaban J connectivity index is 2.12. The van der Waals surface area contributed by atoms with Crippen LogP contribution in [0.1, 0.15) is 18.1 Å². The molecule has 1 heterocycles. The van der Waals surface area contributed by atoms with Crippen molar-refractivity contribution in [3.05, 3.63) is 70.9 Å². The van der Waals surface area contributed by atoms with E-state index in [9.17, 15) is 17.6 Å². The van der Waals surface area contributed by atoms with E-state index in [1.54, 1.807) is 18.2 Å². The molecule has 0 fully saturated rings. The van der Waals surface area contributed by atoms with Crippen LogP contribution in [0, 0.1) is 5.82 Å². The van der Waals surface area contributed by atoms with Crippen LogP contribution < -0.4 is 0 Å². The van der Waals surface area contributed by atoms with Gasteiger partial charge in [0.1, 0.15) is 17.9 Å². The normalized spacial score (nSPS) is 14.4. The summed E-state index contributed by atoms with van der Waals surface area (Å²) < 4.78 is 42.4. The number of benzene rings is 1. The summed E-state index contributed by atoms with van der Waals surface area (Å²) >= 11 is 0. The standard InChI is InChI=1S/C19H16FNO5S/c1-27(24,25)15-4-2-3-13(7-10-15)19-18(12-5-8-14(20)9-6-12)21-16(26-19)11-17(22)23/h2-3,5-10H,4,11H2,1H3,(H,22,23). The average Bonchev–Trinajstić information content (AvgIpc) is 2.82. The molecule has 1 aromatic carbocycles. The molecular weight excluding hydrogens is 373 g/mol. The molecule has 1 aromatic heterocycles. The maximum Gasteiger partial charge on any atom is 0.312 e. The van der Waals surface area contributed by atoms with Gasteiger partial charge in [0, 0.05) is 28.7 Å². The Labute approximate surface area is 155 Å². The zero-order valence-electron chi connectivity index (χ0n) is 14.3. The Kier molecular flexibility index (Phi) is 5.09. The zero-order valence-corrected chi connectivity index (χ0v) is 15.2. The van der Waals surface area contributed by atoms with E-state index in [1.807, 2.05) is 0 Å². The van der Waals surface area contributed by atoms with Crippen molar-refractivity contribution in [2.24, 2.45) is 0 Å². The van der Waals surface area contributed by atoms with Crippen LogP contribution in [-0.2, 0) is 21.1 Å². The SMILES string of the molecule is CS(=O)(=O)C1=CC=C(c2oc(CC(=O)O)nc2-c2ccc(F)cc2)C=CC1. The molecule has 1 aliphatic rings. The average molecular weight is 389 g/mol. The third kappa shape index (κ3) is 4.40. The fraction of sp³-hybridized carbons (Fsp3) is 0.158. The predicted octanol–water partition coefficient (Wildman–Crippen LogP) is 3.38. The Morgan fingerprint density at radius 1 is 1.26 bits per heavy atom. The Morgan fingerprint density at radius 3 is 2.59 bits per heavy atom. The maximum absolute atomic E-state index is 13.2. The van der Waals surface area contributed by atoms with Crippen molar-refractivity contribution in [1.29, 1.82) is 0 Å². The summed E-state index contributed by atoms with van der Waals surface area (Å²) in [5, 5.41) is 9.00. The van der Waals surface area contributed by atoms with E-state index in [4.69, 9.17) is 9.52 Å². The van der Waals surface area contributed by atoms with Crippen LogP contribution in [0.5, 0.6) is 0 Å². The van der Waals surface area contributed by atoms with Crippen molar-refractivity contribution in [2.45, 2.75) is 12.8 Å². The summed E-state index contributed by atoms with van der Waals surface area (Å²) in [6.45, 7) is 0. The first kappa shape index (κ1) is 18.8. The molecule has 0 saturated heterocycles. The summed E-state index contributed by atoms with van der Waals surface area (Å²) in [4.78, 5) is 15.5. The van der Waals surface area contributed by atoms with Gasteiger partial charge in [-0.3, -0.25) is 4.79 Å². The van der Waals surface area contributed by atoms with Gasteiger partial charge in [0.25, 0.3) is 0 Å². The number of allylic oxidation sites excluding steroid dienone is 6. The van der Waals surface area contributed by atoms with E-state index >= 15 is 0 Å². The summed E-state index contributed by atoms with van der Waals surface area (Å²) in [7, 11) is -3.33. The molecule has 2 aromatic rings. The van der Waals surface area contributed by atoms with E-state index in [2.05, 4.69) is 4.98 Å². The van der Waals surface area contributed by atoms with E-state index in [0.717, 1.165) is 6.26 Å². The van der Waals surface area contributed by atoms with Gasteiger partial charge in [-0.2, -0.15) is 0 Å². The van der Waals surface area contributed by atoms with Gasteiger partial charge in [-0.1, -0.05) is 18.2 Å². The number of aliphatic carboxylic acids is 1. The lowest BCUT2D eigenvalue weighted by Crippen LogP contribution is -1.99. The first-order valence-electron chi connectivity index (χ1n) is 7.99. The summed E-state index contributed by atoms with van der Waals surface area (Å²) in [5.41, 5.74) is 1.45. The second-order valence-corrected chi connectivity index (χ2v) is 8.07. The summed E-state index contributed by atoms with van der Waals surface area (Å²) in [6, 6.07) is 5.56. The van der Waals surface area contributed by atoms with Crippen molar-refractivity contribution in [1.82, 2.24) is 4.98 Å². The molecule has 0 spiro atoms. The number of carboxylic acids is 1. The van der Waals surface area contributed by atoms with Gasteiger partial charge in [-0.15, -0.1) is 0 Å². The highest BCUT2D eigenvalue weighted by Gasteiger charge is 2.20. The van der Waals surface area contributed by atoms with Gasteiger partial charge in [0.05, 0.1) is 0 Å². The van der Waals surface area contributed by atoms with Crippen molar-refractivity contribution < 1.29 is 27.1 Å². The molecule has 1 N–H and O–H groups in total. The fourth-order valence-electron chi connectivity index (χ4n) is 2.60. The number of carboxylic acid groups (broad SMARTS) is 1. The van der Waals surface area contributed by atoms with Gasteiger partial charge in [0.15, 0.2) is 15.6 Å². The molecule has 6 nitrogen and oxygen atoms in total. The summed E-state index contributed by atoms with van der Waals surface area (Å²) in [6.07, 6.45) is 7.40. The third-order valence-corrected chi connectivity index (χ3v) is 5.15. The van der Waals surface area contributed by atoms with Crippen LogP contribution in [0.25, 0.3) is 16.8 Å². The predicted molar refractivity (Wildman–Crippen MR) is 97.9 cm³/mol. The van der Waals surface area contributed by atoms with Crippen LogP contribution in [0.3, 0.4) is 0 Å². The molecule has 0 unspecified atom stereocenters. The Hall–Kier alpha value is -3.00. The van der Waals surface area contributed by atoms with Crippen LogP contribution >= 0.6 is 0 Å². The lowest BCUT2D eigenvalue weighted by atomic mass is 10.1. The molecule has 27 heavy (non-hydrogen) atoms. The molecule has 0 saturated carbocycles. The van der Waals surface area contributed by atoms with Gasteiger partial charge >= 0.3 is 5.97 Å². The minimum Gasteiger partial charge on any atom is -0.481 e. The monoisotopic (exact) mass is 389 g/mol. The van der Waals surface area contributed by atoms with Gasteiger partial charge < -0.3 is 9.52 Å². The smallest absolute Gasteiger partial charge is 0.312 e. The minimum absolute atomic E-state index is 0.00249. The molecule has 1 aliphatic carbocycles. The molecule has 140 valence electrons. The topological polar surface area (TPSA) is 97.5 Å². The number of oxazole rings is 1. The number of nitrogens with zero attached hydrogens (tertiary/aromatic N) is 1. The van der Waals surface area contributed by atoms with Crippen molar-refractivity contribution in [3.8, 4) is 11.3 Å². The highest BCUT2D eigenvalue weighted by Crippen LogP contribution is 2.32. The van der Waals surface area contributed by atoms with E-state index in [0.29, 0.717) is 22.6 Å². The third-order valence-electron chi connectivity index (χ3n) is 3.90. The van der Waals surface area contributed by atoms with Crippen LogP contribution in [0.4, 0.5) is 4.39 Å². The molecular formula is C19H16FNO5S. The lowest BCUT2D eigenvalue weighted by molar-refractivity contribution is -0.136. The highest BCUT2D eigenvalue weighted by molar-refractivity contribution is 7.94. The molecule has 8 heteroatoms. The number of carbonyl (C=O) groups is 1. The fourth-order valence-corrected chi connectivity index (χ4v) is 3.32. The number of halogens is 1. The zero-order chi connectivity index (χ0) is 19.6. The van der Waals surface area contributed by atoms with Crippen LogP contribution in [0.2, 0.25) is 0 Å². The second-order valence-electron chi connectivity index (χ2n) is 6.00. The summed E-state index contributed by atoms with van der Waals surface area (Å²) in [5.74, 6) is -1.22. The van der Waals surface area contributed by atoms with Crippen molar-refractivity contribution in [3.63, 3.8) is 0 Å². The van der Waals surface area contributed by atoms with E-state index in [1.165, 1.54) is 30.3 Å². The van der Waals surface area contributed by atoms with Gasteiger partial charge in [0.2, 0.25) is 5.89 Å². The number of sulfone groups is 1. The van der Waals surface area contributed by atoms with Crippen molar-refractivity contribution >= 4 is 21.4 Å². The maximum atomic E-state index is 13.2. The highest BCUT2D eigenvalue weighted by atomic mass is 32.2. The molecule has 0 aliphatic heterocycles. The van der Waals surface area contributed by atoms with Crippen LogP contribution in [-0.4, -0.2) is 30.7 Å².